The molecule has 1 aliphatic rings. The first-order valence-corrected chi connectivity index (χ1v) is 9.92. The molecule has 1 atom stereocenters. The molecule has 1 saturated heterocycles. The first-order valence-electron chi connectivity index (χ1n) is 8.10. The molecule has 24 heavy (non-hydrogen) atoms. The van der Waals surface area contributed by atoms with E-state index in [9.17, 15) is 13.2 Å². The number of nitrogens with one attached hydrogen (secondary N) is 1. The highest BCUT2D eigenvalue weighted by Gasteiger charge is 2.29. The average Bonchev–Trinajstić information content (AvgIpc) is 2.55. The minimum atomic E-state index is -3.51. The molecule has 134 valence electrons. The standard InChI is InChI=1S/C16H24ClN3O3S/c1-3-13(2)18-16(21)12-19-8-10-20(11-9-19)24(22,23)15-6-4-14(17)5-7-15/h4-7,13H,3,8-12H2,1-2H3,(H,18,21). The van der Waals surface area contributed by atoms with Crippen molar-refractivity contribution in [2.45, 2.75) is 31.2 Å². The molecule has 0 aromatic heterocycles. The highest BCUT2D eigenvalue weighted by molar-refractivity contribution is 7.89. The van der Waals surface area contributed by atoms with E-state index < -0.39 is 10.0 Å². The lowest BCUT2D eigenvalue weighted by molar-refractivity contribution is -0.123. The number of rotatable bonds is 6. The Morgan fingerprint density at radius 3 is 2.33 bits per heavy atom. The lowest BCUT2D eigenvalue weighted by Gasteiger charge is -2.33. The van der Waals surface area contributed by atoms with Crippen LogP contribution in [-0.4, -0.2) is 62.3 Å². The second-order valence-electron chi connectivity index (χ2n) is 6.01. The van der Waals surface area contributed by atoms with Crippen molar-refractivity contribution in [2.75, 3.05) is 32.7 Å². The van der Waals surface area contributed by atoms with Crippen LogP contribution in [0.1, 0.15) is 20.3 Å². The van der Waals surface area contributed by atoms with E-state index in [0.29, 0.717) is 37.7 Å². The van der Waals surface area contributed by atoms with Gasteiger partial charge in [0.15, 0.2) is 0 Å². The molecule has 0 bridgehead atoms. The second-order valence-corrected chi connectivity index (χ2v) is 8.39. The fourth-order valence-electron chi connectivity index (χ4n) is 2.51. The van der Waals surface area contributed by atoms with Crippen LogP contribution in [0, 0.1) is 0 Å². The van der Waals surface area contributed by atoms with Crippen molar-refractivity contribution < 1.29 is 13.2 Å². The van der Waals surface area contributed by atoms with Gasteiger partial charge in [-0.1, -0.05) is 18.5 Å². The number of benzene rings is 1. The Morgan fingerprint density at radius 2 is 1.79 bits per heavy atom. The summed E-state index contributed by atoms with van der Waals surface area (Å²) in [7, 11) is -3.51. The summed E-state index contributed by atoms with van der Waals surface area (Å²) in [5.74, 6) is -0.0154. The highest BCUT2D eigenvalue weighted by Crippen LogP contribution is 2.19. The van der Waals surface area contributed by atoms with Gasteiger partial charge in [0.1, 0.15) is 0 Å². The number of amides is 1. The summed E-state index contributed by atoms with van der Waals surface area (Å²) in [4.78, 5) is 14.1. The molecule has 0 saturated carbocycles. The maximum Gasteiger partial charge on any atom is 0.243 e. The second kappa shape index (κ2) is 8.29. The Kier molecular flexibility index (Phi) is 6.62. The normalized spacial score (nSPS) is 18.3. The van der Waals surface area contributed by atoms with Crippen LogP contribution >= 0.6 is 11.6 Å². The molecule has 1 aromatic carbocycles. The molecule has 1 aliphatic heterocycles. The summed E-state index contributed by atoms with van der Waals surface area (Å²) in [6.45, 7) is 6.13. The summed E-state index contributed by atoms with van der Waals surface area (Å²) < 4.78 is 26.7. The van der Waals surface area contributed by atoms with Gasteiger partial charge < -0.3 is 5.32 Å². The highest BCUT2D eigenvalue weighted by atomic mass is 35.5. The molecule has 0 radical (unpaired) electrons. The van der Waals surface area contributed by atoms with E-state index in [-0.39, 0.29) is 16.8 Å². The SMILES string of the molecule is CCC(C)NC(=O)CN1CCN(S(=O)(=O)c2ccc(Cl)cc2)CC1. The predicted molar refractivity (Wildman–Crippen MR) is 94.5 cm³/mol. The lowest BCUT2D eigenvalue weighted by Crippen LogP contribution is -2.51. The fourth-order valence-corrected chi connectivity index (χ4v) is 4.06. The predicted octanol–water partition coefficient (Wildman–Crippen LogP) is 1.56. The number of hydrogen-bond donors (Lipinski definition) is 1. The number of nitrogens with zero attached hydrogens (tertiary/aromatic N) is 2. The van der Waals surface area contributed by atoms with Crippen LogP contribution in [-0.2, 0) is 14.8 Å². The third-order valence-electron chi connectivity index (χ3n) is 4.17. The van der Waals surface area contributed by atoms with Crippen LogP contribution in [0.5, 0.6) is 0 Å². The monoisotopic (exact) mass is 373 g/mol. The summed E-state index contributed by atoms with van der Waals surface area (Å²) in [5.41, 5.74) is 0. The molecular formula is C16H24ClN3O3S. The van der Waals surface area contributed by atoms with Gasteiger partial charge in [0.2, 0.25) is 15.9 Å². The van der Waals surface area contributed by atoms with Gasteiger partial charge in [0.25, 0.3) is 0 Å². The van der Waals surface area contributed by atoms with Crippen LogP contribution in [0.2, 0.25) is 5.02 Å². The molecule has 1 aromatic rings. The maximum absolute atomic E-state index is 12.6. The third-order valence-corrected chi connectivity index (χ3v) is 6.33. The zero-order valence-electron chi connectivity index (χ0n) is 14.0. The van der Waals surface area contributed by atoms with Crippen molar-refractivity contribution >= 4 is 27.5 Å². The molecule has 0 aliphatic carbocycles. The smallest absolute Gasteiger partial charge is 0.243 e. The topological polar surface area (TPSA) is 69.7 Å². The van der Waals surface area contributed by atoms with Crippen LogP contribution in [0.25, 0.3) is 0 Å². The summed E-state index contributed by atoms with van der Waals surface area (Å²) in [6, 6.07) is 6.34. The van der Waals surface area contributed by atoms with E-state index in [1.807, 2.05) is 18.7 Å². The number of sulfonamides is 1. The van der Waals surface area contributed by atoms with Crippen molar-refractivity contribution in [3.8, 4) is 0 Å². The summed E-state index contributed by atoms with van der Waals surface area (Å²) in [5, 5.41) is 3.43. The Labute approximate surface area is 148 Å². The summed E-state index contributed by atoms with van der Waals surface area (Å²) in [6.07, 6.45) is 0.888. The van der Waals surface area contributed by atoms with Crippen molar-refractivity contribution in [2.24, 2.45) is 0 Å². The van der Waals surface area contributed by atoms with E-state index >= 15 is 0 Å². The van der Waals surface area contributed by atoms with Gasteiger partial charge in [-0.15, -0.1) is 0 Å². The van der Waals surface area contributed by atoms with Gasteiger partial charge in [-0.2, -0.15) is 4.31 Å². The van der Waals surface area contributed by atoms with Gasteiger partial charge in [-0.25, -0.2) is 8.42 Å². The molecular weight excluding hydrogens is 350 g/mol. The van der Waals surface area contributed by atoms with Gasteiger partial charge in [0.05, 0.1) is 11.4 Å². The van der Waals surface area contributed by atoms with E-state index in [1.54, 1.807) is 12.1 Å². The van der Waals surface area contributed by atoms with E-state index in [0.717, 1.165) is 6.42 Å². The Morgan fingerprint density at radius 1 is 1.21 bits per heavy atom. The minimum Gasteiger partial charge on any atom is -0.353 e. The van der Waals surface area contributed by atoms with Gasteiger partial charge in [-0.05, 0) is 37.6 Å². The van der Waals surface area contributed by atoms with Crippen molar-refractivity contribution in [3.05, 3.63) is 29.3 Å². The number of hydrogen-bond acceptors (Lipinski definition) is 4. The van der Waals surface area contributed by atoms with Crippen molar-refractivity contribution in [1.82, 2.24) is 14.5 Å². The number of carbonyl (C=O) groups is 1. The number of carbonyl (C=O) groups excluding carboxylic acids is 1. The zero-order chi connectivity index (χ0) is 17.7. The maximum atomic E-state index is 12.6. The average molecular weight is 374 g/mol. The number of piperazine rings is 1. The fraction of sp³-hybridized carbons (Fsp3) is 0.562. The largest absolute Gasteiger partial charge is 0.353 e. The van der Waals surface area contributed by atoms with Gasteiger partial charge in [-0.3, -0.25) is 9.69 Å². The first-order chi connectivity index (χ1) is 11.3. The molecule has 1 fully saturated rings. The molecule has 8 heteroatoms. The Bertz CT molecular complexity index is 656. The van der Waals surface area contributed by atoms with Gasteiger partial charge in [0, 0.05) is 37.2 Å². The molecule has 1 N–H and O–H groups in total. The summed E-state index contributed by atoms with van der Waals surface area (Å²) >= 11 is 5.81. The quantitative estimate of drug-likeness (QED) is 0.821. The van der Waals surface area contributed by atoms with Gasteiger partial charge >= 0.3 is 0 Å². The number of halogens is 1. The molecule has 1 unspecified atom stereocenters. The lowest BCUT2D eigenvalue weighted by atomic mass is 10.2. The Balaban J connectivity index is 1.90. The first kappa shape index (κ1) is 19.2. The van der Waals surface area contributed by atoms with Crippen LogP contribution in [0.3, 0.4) is 0 Å². The van der Waals surface area contributed by atoms with Crippen LogP contribution in [0.4, 0.5) is 0 Å². The molecule has 0 spiro atoms. The van der Waals surface area contributed by atoms with Crippen LogP contribution in [0.15, 0.2) is 29.2 Å². The van der Waals surface area contributed by atoms with E-state index in [1.165, 1.54) is 16.4 Å². The van der Waals surface area contributed by atoms with Crippen LogP contribution < -0.4 is 5.32 Å². The molecule has 1 heterocycles. The molecule has 1 amide bonds. The third kappa shape index (κ3) is 4.92. The zero-order valence-corrected chi connectivity index (χ0v) is 15.6. The van der Waals surface area contributed by atoms with Crippen molar-refractivity contribution in [3.63, 3.8) is 0 Å². The van der Waals surface area contributed by atoms with E-state index in [2.05, 4.69) is 5.32 Å². The molecule has 2 rings (SSSR count). The van der Waals surface area contributed by atoms with E-state index in [4.69, 9.17) is 11.6 Å². The minimum absolute atomic E-state index is 0.0154. The molecule has 6 nitrogen and oxygen atoms in total. The van der Waals surface area contributed by atoms with Crippen molar-refractivity contribution in [1.29, 1.82) is 0 Å². The Hall–Kier alpha value is -1.15.